The van der Waals surface area contributed by atoms with Crippen molar-refractivity contribution in [2.24, 2.45) is 0 Å². The lowest BCUT2D eigenvalue weighted by Crippen LogP contribution is -2.06. The quantitative estimate of drug-likeness (QED) is 0.827. The maximum Gasteiger partial charge on any atom is 0.147 e. The van der Waals surface area contributed by atoms with Gasteiger partial charge in [-0.1, -0.05) is 11.4 Å². The lowest BCUT2D eigenvalue weighted by molar-refractivity contribution is 0.169. The second kappa shape index (κ2) is 5.70. The second-order valence-corrected chi connectivity index (χ2v) is 6.77. The predicted molar refractivity (Wildman–Crippen MR) is 63.2 cm³/mol. The van der Waals surface area contributed by atoms with E-state index in [1.807, 2.05) is 6.92 Å². The van der Waals surface area contributed by atoms with Crippen LogP contribution in [0.15, 0.2) is 0 Å². The lowest BCUT2D eigenvalue weighted by Gasteiger charge is -2.08. The standard InChI is InChI=1S/C9H16N2O3S2/c1-3-7-9(15-11-10-7)8(12)5-4-6-16(2,13)14/h8,12H,3-6H2,1-2H3. The molecule has 1 unspecified atom stereocenters. The van der Waals surface area contributed by atoms with Crippen molar-refractivity contribution in [3.63, 3.8) is 0 Å². The zero-order valence-corrected chi connectivity index (χ0v) is 11.0. The van der Waals surface area contributed by atoms with Crippen molar-refractivity contribution >= 4 is 21.4 Å². The minimum absolute atomic E-state index is 0.109. The van der Waals surface area contributed by atoms with Gasteiger partial charge in [-0.2, -0.15) is 0 Å². The van der Waals surface area contributed by atoms with E-state index in [2.05, 4.69) is 9.59 Å². The number of rotatable bonds is 6. The van der Waals surface area contributed by atoms with E-state index in [0.717, 1.165) is 17.0 Å². The Hall–Kier alpha value is -0.530. The van der Waals surface area contributed by atoms with Gasteiger partial charge in [-0.25, -0.2) is 8.42 Å². The van der Waals surface area contributed by atoms with Crippen LogP contribution < -0.4 is 0 Å². The summed E-state index contributed by atoms with van der Waals surface area (Å²) in [7, 11) is -2.94. The Bertz CT molecular complexity index is 428. The first-order chi connectivity index (χ1) is 7.44. The molecule has 16 heavy (non-hydrogen) atoms. The topological polar surface area (TPSA) is 80.2 Å². The van der Waals surface area contributed by atoms with E-state index in [4.69, 9.17) is 0 Å². The van der Waals surface area contributed by atoms with Crippen LogP contribution in [0.25, 0.3) is 0 Å². The molecule has 0 aliphatic rings. The molecule has 0 radical (unpaired) electrons. The van der Waals surface area contributed by atoms with Gasteiger partial charge in [0.05, 0.1) is 16.7 Å². The number of hydrogen-bond donors (Lipinski definition) is 1. The van der Waals surface area contributed by atoms with Crippen LogP contribution in [-0.2, 0) is 16.3 Å². The SMILES string of the molecule is CCc1nnsc1C(O)CCCS(C)(=O)=O. The van der Waals surface area contributed by atoms with Crippen molar-refractivity contribution in [3.05, 3.63) is 10.6 Å². The van der Waals surface area contributed by atoms with Crippen molar-refractivity contribution in [2.45, 2.75) is 32.3 Å². The summed E-state index contributed by atoms with van der Waals surface area (Å²) in [5.74, 6) is 0.109. The minimum Gasteiger partial charge on any atom is -0.387 e. The normalized spacial score (nSPS) is 13.9. The number of nitrogens with zero attached hydrogens (tertiary/aromatic N) is 2. The minimum atomic E-state index is -2.94. The molecule has 1 heterocycles. The molecular weight excluding hydrogens is 248 g/mol. The fourth-order valence-corrected chi connectivity index (χ4v) is 2.83. The van der Waals surface area contributed by atoms with Gasteiger partial charge in [0.25, 0.3) is 0 Å². The molecule has 1 rings (SSSR count). The number of aryl methyl sites for hydroxylation is 1. The third kappa shape index (κ3) is 4.15. The molecule has 0 saturated heterocycles. The molecule has 0 aromatic carbocycles. The fraction of sp³-hybridized carbons (Fsp3) is 0.778. The molecule has 5 nitrogen and oxygen atoms in total. The highest BCUT2D eigenvalue weighted by Gasteiger charge is 2.16. The molecule has 0 fully saturated rings. The van der Waals surface area contributed by atoms with Crippen LogP contribution in [0.2, 0.25) is 0 Å². The first-order valence-corrected chi connectivity index (χ1v) is 7.94. The molecule has 1 atom stereocenters. The van der Waals surface area contributed by atoms with Crippen molar-refractivity contribution in [3.8, 4) is 0 Å². The number of aliphatic hydroxyl groups excluding tert-OH is 1. The summed E-state index contributed by atoms with van der Waals surface area (Å²) in [6.45, 7) is 1.95. The smallest absolute Gasteiger partial charge is 0.147 e. The Morgan fingerprint density at radius 2 is 2.19 bits per heavy atom. The van der Waals surface area contributed by atoms with Gasteiger partial charge in [-0.05, 0) is 30.8 Å². The summed E-state index contributed by atoms with van der Waals surface area (Å²) < 4.78 is 25.6. The molecule has 0 saturated carbocycles. The van der Waals surface area contributed by atoms with Gasteiger partial charge in [0, 0.05) is 12.0 Å². The van der Waals surface area contributed by atoms with Crippen molar-refractivity contribution in [1.82, 2.24) is 9.59 Å². The molecular formula is C9H16N2O3S2. The van der Waals surface area contributed by atoms with Gasteiger partial charge in [0.1, 0.15) is 9.84 Å². The molecule has 1 aromatic heterocycles. The Morgan fingerprint density at radius 3 is 2.75 bits per heavy atom. The molecule has 1 N–H and O–H groups in total. The van der Waals surface area contributed by atoms with Crippen LogP contribution in [0.5, 0.6) is 0 Å². The average molecular weight is 264 g/mol. The second-order valence-electron chi connectivity index (χ2n) is 3.73. The Kier molecular flexibility index (Phi) is 4.82. The Labute approximate surface area is 99.6 Å². The van der Waals surface area contributed by atoms with Crippen molar-refractivity contribution in [2.75, 3.05) is 12.0 Å². The predicted octanol–water partition coefficient (Wildman–Crippen LogP) is 0.959. The molecule has 0 amide bonds. The van der Waals surface area contributed by atoms with Gasteiger partial charge >= 0.3 is 0 Å². The Balaban J connectivity index is 2.50. The van der Waals surface area contributed by atoms with Crippen LogP contribution >= 0.6 is 11.5 Å². The third-order valence-electron chi connectivity index (χ3n) is 2.22. The molecule has 92 valence electrons. The van der Waals surface area contributed by atoms with Crippen LogP contribution in [0.3, 0.4) is 0 Å². The van der Waals surface area contributed by atoms with Gasteiger partial charge in [-0.3, -0.25) is 0 Å². The summed E-state index contributed by atoms with van der Waals surface area (Å²) in [5, 5.41) is 13.8. The Morgan fingerprint density at radius 1 is 1.50 bits per heavy atom. The highest BCUT2D eigenvalue weighted by atomic mass is 32.2. The lowest BCUT2D eigenvalue weighted by atomic mass is 10.1. The zero-order chi connectivity index (χ0) is 12.2. The highest BCUT2D eigenvalue weighted by Crippen LogP contribution is 2.24. The molecule has 0 aliphatic carbocycles. The van der Waals surface area contributed by atoms with Crippen LogP contribution in [-0.4, -0.2) is 35.1 Å². The molecule has 1 aromatic rings. The first-order valence-electron chi connectivity index (χ1n) is 5.11. The van der Waals surface area contributed by atoms with E-state index in [-0.39, 0.29) is 5.75 Å². The fourth-order valence-electron chi connectivity index (χ4n) is 1.38. The molecule has 7 heteroatoms. The maximum absolute atomic E-state index is 10.9. The van der Waals surface area contributed by atoms with Gasteiger partial charge in [0.2, 0.25) is 0 Å². The van der Waals surface area contributed by atoms with Crippen LogP contribution in [0.4, 0.5) is 0 Å². The monoisotopic (exact) mass is 264 g/mol. The number of sulfone groups is 1. The van der Waals surface area contributed by atoms with Crippen molar-refractivity contribution < 1.29 is 13.5 Å². The van der Waals surface area contributed by atoms with E-state index in [0.29, 0.717) is 12.8 Å². The summed E-state index contributed by atoms with van der Waals surface area (Å²) in [5.41, 5.74) is 0.803. The zero-order valence-electron chi connectivity index (χ0n) is 9.38. The number of hydrogen-bond acceptors (Lipinski definition) is 6. The van der Waals surface area contributed by atoms with E-state index >= 15 is 0 Å². The first kappa shape index (κ1) is 13.5. The van der Waals surface area contributed by atoms with Gasteiger partial charge in [0.15, 0.2) is 0 Å². The van der Waals surface area contributed by atoms with Gasteiger partial charge < -0.3 is 5.11 Å². The largest absolute Gasteiger partial charge is 0.387 e. The third-order valence-corrected chi connectivity index (χ3v) is 4.11. The summed E-state index contributed by atoms with van der Waals surface area (Å²) in [4.78, 5) is 0.760. The van der Waals surface area contributed by atoms with E-state index in [9.17, 15) is 13.5 Å². The average Bonchev–Trinajstić information content (AvgIpc) is 2.63. The highest BCUT2D eigenvalue weighted by molar-refractivity contribution is 7.90. The molecule has 0 bridgehead atoms. The maximum atomic E-state index is 10.9. The van der Waals surface area contributed by atoms with Gasteiger partial charge in [-0.15, -0.1) is 5.10 Å². The van der Waals surface area contributed by atoms with E-state index in [1.165, 1.54) is 17.8 Å². The van der Waals surface area contributed by atoms with E-state index < -0.39 is 15.9 Å². The number of aliphatic hydroxyl groups is 1. The summed E-state index contributed by atoms with van der Waals surface area (Å²) >= 11 is 1.18. The molecule has 0 aliphatic heterocycles. The van der Waals surface area contributed by atoms with E-state index in [1.54, 1.807) is 0 Å². The van der Waals surface area contributed by atoms with Crippen molar-refractivity contribution in [1.29, 1.82) is 0 Å². The van der Waals surface area contributed by atoms with Crippen LogP contribution in [0.1, 0.15) is 36.4 Å². The summed E-state index contributed by atoms with van der Waals surface area (Å²) in [6.07, 6.45) is 2.18. The van der Waals surface area contributed by atoms with Crippen LogP contribution in [0, 0.1) is 0 Å². The summed E-state index contributed by atoms with van der Waals surface area (Å²) in [6, 6.07) is 0. The molecule has 0 spiro atoms. The number of aromatic nitrogens is 2.